The highest BCUT2D eigenvalue weighted by molar-refractivity contribution is 6.20. The maximum Gasteiger partial charge on any atom is 0.123 e. The van der Waals surface area contributed by atoms with Crippen LogP contribution in [0.4, 0.5) is 4.39 Å². The Hall–Kier alpha value is -0.560. The number of halogens is 2. The van der Waals surface area contributed by atoms with E-state index in [-0.39, 0.29) is 11.2 Å². The molecule has 2 heteroatoms. The van der Waals surface area contributed by atoms with Gasteiger partial charge >= 0.3 is 0 Å². The summed E-state index contributed by atoms with van der Waals surface area (Å²) in [5.41, 5.74) is 1.14. The zero-order valence-corrected chi connectivity index (χ0v) is 10.9. The van der Waals surface area contributed by atoms with Crippen molar-refractivity contribution in [3.05, 3.63) is 35.6 Å². The van der Waals surface area contributed by atoms with Crippen LogP contribution in [0.1, 0.15) is 44.1 Å². The van der Waals surface area contributed by atoms with Crippen molar-refractivity contribution in [1.29, 1.82) is 0 Å². The first-order valence-corrected chi connectivity index (χ1v) is 7.06. The van der Waals surface area contributed by atoms with Crippen LogP contribution in [0.25, 0.3) is 0 Å². The van der Waals surface area contributed by atoms with Crippen LogP contribution in [0.15, 0.2) is 24.3 Å². The fraction of sp³-hybridized carbons (Fsp3) is 0.600. The summed E-state index contributed by atoms with van der Waals surface area (Å²) >= 11 is 6.34. The van der Waals surface area contributed by atoms with Gasteiger partial charge in [0.25, 0.3) is 0 Å². The molecule has 2 rings (SSSR count). The van der Waals surface area contributed by atoms with E-state index in [0.29, 0.717) is 0 Å². The largest absolute Gasteiger partial charge is 0.207 e. The number of benzene rings is 1. The van der Waals surface area contributed by atoms with E-state index in [1.165, 1.54) is 44.2 Å². The second-order valence-corrected chi connectivity index (χ2v) is 5.77. The van der Waals surface area contributed by atoms with Gasteiger partial charge in [0.15, 0.2) is 0 Å². The number of rotatable bonds is 5. The average molecular weight is 255 g/mol. The van der Waals surface area contributed by atoms with Crippen molar-refractivity contribution in [3.8, 4) is 0 Å². The average Bonchev–Trinajstić information content (AvgIpc) is 2.83. The molecule has 1 aromatic carbocycles. The van der Waals surface area contributed by atoms with Gasteiger partial charge in [0.1, 0.15) is 5.82 Å². The number of alkyl halides is 1. The van der Waals surface area contributed by atoms with E-state index in [9.17, 15) is 4.39 Å². The van der Waals surface area contributed by atoms with Crippen molar-refractivity contribution < 1.29 is 4.39 Å². The molecular formula is C15H20ClF. The molecule has 0 aromatic heterocycles. The van der Waals surface area contributed by atoms with Crippen molar-refractivity contribution >= 4 is 11.6 Å². The van der Waals surface area contributed by atoms with Crippen LogP contribution in [0.2, 0.25) is 0 Å². The van der Waals surface area contributed by atoms with E-state index >= 15 is 0 Å². The molecule has 1 saturated carbocycles. The maximum absolute atomic E-state index is 12.7. The van der Waals surface area contributed by atoms with Gasteiger partial charge < -0.3 is 0 Å². The molecule has 0 radical (unpaired) electrons. The minimum absolute atomic E-state index is 0.175. The summed E-state index contributed by atoms with van der Waals surface area (Å²) in [4.78, 5) is 0. The van der Waals surface area contributed by atoms with Crippen molar-refractivity contribution in [1.82, 2.24) is 0 Å². The van der Waals surface area contributed by atoms with E-state index < -0.39 is 0 Å². The lowest BCUT2D eigenvalue weighted by molar-refractivity contribution is 0.476. The Balaban J connectivity index is 1.72. The Morgan fingerprint density at radius 3 is 2.47 bits per heavy atom. The quantitative estimate of drug-likeness (QED) is 0.653. The summed E-state index contributed by atoms with van der Waals surface area (Å²) in [5, 5.41) is 0.195. The fourth-order valence-electron chi connectivity index (χ4n) is 2.69. The van der Waals surface area contributed by atoms with Gasteiger partial charge in [-0.1, -0.05) is 37.8 Å². The van der Waals surface area contributed by atoms with Gasteiger partial charge in [-0.2, -0.15) is 0 Å². The summed E-state index contributed by atoms with van der Waals surface area (Å²) in [6.07, 6.45) is 8.78. The molecule has 0 N–H and O–H groups in total. The van der Waals surface area contributed by atoms with Crippen LogP contribution in [0.3, 0.4) is 0 Å². The molecule has 0 bridgehead atoms. The fourth-order valence-corrected chi connectivity index (χ4v) is 3.00. The predicted molar refractivity (Wildman–Crippen MR) is 70.9 cm³/mol. The van der Waals surface area contributed by atoms with Gasteiger partial charge in [0, 0.05) is 5.38 Å². The summed E-state index contributed by atoms with van der Waals surface area (Å²) in [6, 6.07) is 6.69. The predicted octanol–water partition coefficient (Wildman–Crippen LogP) is 4.95. The van der Waals surface area contributed by atoms with Crippen LogP contribution in [0, 0.1) is 11.7 Å². The second-order valence-electron chi connectivity index (χ2n) is 5.16. The summed E-state index contributed by atoms with van der Waals surface area (Å²) in [5.74, 6) is 0.732. The van der Waals surface area contributed by atoms with Gasteiger partial charge in [0.05, 0.1) is 0 Å². The Morgan fingerprint density at radius 1 is 1.18 bits per heavy atom. The van der Waals surface area contributed by atoms with Crippen molar-refractivity contribution in [2.45, 2.75) is 50.3 Å². The molecule has 0 amide bonds. The molecule has 1 aliphatic rings. The SMILES string of the molecule is Fc1ccc(CC(Cl)CCC2CCCC2)cc1. The van der Waals surface area contributed by atoms with Crippen LogP contribution in [-0.4, -0.2) is 5.38 Å². The first kappa shape index (κ1) is 12.9. The van der Waals surface area contributed by atoms with Crippen LogP contribution < -0.4 is 0 Å². The van der Waals surface area contributed by atoms with Gasteiger partial charge in [-0.25, -0.2) is 4.39 Å². The molecule has 0 spiro atoms. The molecule has 0 nitrogen and oxygen atoms in total. The normalized spacial score (nSPS) is 18.5. The lowest BCUT2D eigenvalue weighted by Crippen LogP contribution is -2.06. The van der Waals surface area contributed by atoms with Gasteiger partial charge in [-0.05, 0) is 42.9 Å². The van der Waals surface area contributed by atoms with E-state index in [0.717, 1.165) is 24.3 Å². The number of hydrogen-bond donors (Lipinski definition) is 0. The third-order valence-corrected chi connectivity index (χ3v) is 4.11. The Labute approximate surface area is 108 Å². The highest BCUT2D eigenvalue weighted by atomic mass is 35.5. The third kappa shape index (κ3) is 4.31. The van der Waals surface area contributed by atoms with Crippen LogP contribution in [0.5, 0.6) is 0 Å². The van der Waals surface area contributed by atoms with E-state index in [2.05, 4.69) is 0 Å². The van der Waals surface area contributed by atoms with Gasteiger partial charge in [-0.15, -0.1) is 11.6 Å². The molecule has 94 valence electrons. The van der Waals surface area contributed by atoms with E-state index in [4.69, 9.17) is 11.6 Å². The Morgan fingerprint density at radius 2 is 1.82 bits per heavy atom. The molecule has 17 heavy (non-hydrogen) atoms. The van der Waals surface area contributed by atoms with Gasteiger partial charge in [-0.3, -0.25) is 0 Å². The molecule has 1 fully saturated rings. The first-order valence-electron chi connectivity index (χ1n) is 6.62. The molecule has 1 aliphatic carbocycles. The molecule has 1 aromatic rings. The molecule has 0 heterocycles. The van der Waals surface area contributed by atoms with Crippen molar-refractivity contribution in [2.24, 2.45) is 5.92 Å². The monoisotopic (exact) mass is 254 g/mol. The third-order valence-electron chi connectivity index (χ3n) is 3.73. The summed E-state index contributed by atoms with van der Waals surface area (Å²) in [6.45, 7) is 0. The second kappa shape index (κ2) is 6.39. The van der Waals surface area contributed by atoms with Gasteiger partial charge in [0.2, 0.25) is 0 Å². The molecule has 1 atom stereocenters. The lowest BCUT2D eigenvalue weighted by Gasteiger charge is -2.13. The molecule has 0 saturated heterocycles. The Kier molecular flexibility index (Phi) is 4.85. The summed E-state index contributed by atoms with van der Waals surface area (Å²) < 4.78 is 12.7. The molecule has 1 unspecified atom stereocenters. The highest BCUT2D eigenvalue weighted by Gasteiger charge is 2.16. The minimum Gasteiger partial charge on any atom is -0.207 e. The van der Waals surface area contributed by atoms with E-state index in [1.807, 2.05) is 12.1 Å². The topological polar surface area (TPSA) is 0 Å². The van der Waals surface area contributed by atoms with Crippen LogP contribution in [-0.2, 0) is 6.42 Å². The smallest absolute Gasteiger partial charge is 0.123 e. The van der Waals surface area contributed by atoms with Crippen molar-refractivity contribution in [2.75, 3.05) is 0 Å². The van der Waals surface area contributed by atoms with Crippen LogP contribution >= 0.6 is 11.6 Å². The Bertz CT molecular complexity index is 327. The first-order chi connectivity index (χ1) is 8.24. The maximum atomic E-state index is 12.7. The standard InChI is InChI=1S/C15H20ClF/c16-14(8-5-12-3-1-2-4-12)11-13-6-9-15(17)10-7-13/h6-7,9-10,12,14H,1-5,8,11H2. The summed E-state index contributed by atoms with van der Waals surface area (Å²) in [7, 11) is 0. The zero-order chi connectivity index (χ0) is 12.1. The highest BCUT2D eigenvalue weighted by Crippen LogP contribution is 2.30. The number of hydrogen-bond acceptors (Lipinski definition) is 0. The lowest BCUT2D eigenvalue weighted by atomic mass is 9.98. The minimum atomic E-state index is -0.175. The van der Waals surface area contributed by atoms with E-state index in [1.54, 1.807) is 0 Å². The molecular weight excluding hydrogens is 235 g/mol. The molecule has 0 aliphatic heterocycles. The zero-order valence-electron chi connectivity index (χ0n) is 10.2. The van der Waals surface area contributed by atoms with Crippen molar-refractivity contribution in [3.63, 3.8) is 0 Å².